The van der Waals surface area contributed by atoms with Crippen LogP contribution in [0.2, 0.25) is 0 Å². The van der Waals surface area contributed by atoms with Gasteiger partial charge in [-0.25, -0.2) is 0 Å². The maximum atomic E-state index is 5.63. The lowest BCUT2D eigenvalue weighted by Crippen LogP contribution is -2.37. The molecule has 0 fully saturated rings. The molecule has 0 aliphatic carbocycles. The van der Waals surface area contributed by atoms with Crippen LogP contribution in [0, 0.1) is 0 Å². The third-order valence-electron chi connectivity index (χ3n) is 3.01. The first kappa shape index (κ1) is 14.1. The summed E-state index contributed by atoms with van der Waals surface area (Å²) in [6.45, 7) is 0. The van der Waals surface area contributed by atoms with Gasteiger partial charge in [0.1, 0.15) is 0 Å². The summed E-state index contributed by atoms with van der Waals surface area (Å²) in [6.07, 6.45) is 10.1. The van der Waals surface area contributed by atoms with Gasteiger partial charge in [0.05, 0.1) is 0 Å². The van der Waals surface area contributed by atoms with E-state index in [4.69, 9.17) is 5.84 Å². The number of nitrogens with two attached hydrogens (primary N) is 1. The molecular weight excluding hydrogens is 304 g/mol. The summed E-state index contributed by atoms with van der Waals surface area (Å²) in [5.74, 6) is 5.63. The van der Waals surface area contributed by atoms with Crippen molar-refractivity contribution in [2.45, 2.75) is 25.3 Å². The second-order valence-corrected chi connectivity index (χ2v) is 5.39. The maximum absolute atomic E-state index is 5.63. The lowest BCUT2D eigenvalue weighted by Gasteiger charge is -2.15. The van der Waals surface area contributed by atoms with Gasteiger partial charge in [0, 0.05) is 35.3 Å². The molecule has 0 radical (unpaired) electrons. The standard InChI is InChI=1S/C14H17BrN4/c15-13-7-12(9-18-10-13)8-14(19-16)2-1-11-3-5-17-6-4-11/h3-7,9-10,14,19H,1-2,8,16H2. The minimum atomic E-state index is 0.240. The van der Waals surface area contributed by atoms with Crippen molar-refractivity contribution in [3.05, 3.63) is 58.6 Å². The largest absolute Gasteiger partial charge is 0.271 e. The Labute approximate surface area is 121 Å². The summed E-state index contributed by atoms with van der Waals surface area (Å²) in [5, 5.41) is 0. The fourth-order valence-corrected chi connectivity index (χ4v) is 2.40. The molecule has 0 saturated carbocycles. The molecule has 2 aromatic rings. The zero-order valence-electron chi connectivity index (χ0n) is 10.6. The van der Waals surface area contributed by atoms with E-state index in [-0.39, 0.29) is 6.04 Å². The summed E-state index contributed by atoms with van der Waals surface area (Å²) in [5.41, 5.74) is 5.33. The van der Waals surface area contributed by atoms with Crippen LogP contribution in [-0.2, 0) is 12.8 Å². The van der Waals surface area contributed by atoms with Crippen molar-refractivity contribution < 1.29 is 0 Å². The Morgan fingerprint density at radius 3 is 2.63 bits per heavy atom. The van der Waals surface area contributed by atoms with Crippen molar-refractivity contribution >= 4 is 15.9 Å². The van der Waals surface area contributed by atoms with Crippen LogP contribution >= 0.6 is 15.9 Å². The SMILES string of the molecule is NNC(CCc1ccncc1)Cc1cncc(Br)c1. The maximum Gasteiger partial charge on any atom is 0.0410 e. The van der Waals surface area contributed by atoms with Crippen LogP contribution in [0.3, 0.4) is 0 Å². The monoisotopic (exact) mass is 320 g/mol. The Kier molecular flexibility index (Phi) is 5.44. The number of nitrogens with one attached hydrogen (secondary N) is 1. The third-order valence-corrected chi connectivity index (χ3v) is 3.44. The number of nitrogens with zero attached hydrogens (tertiary/aromatic N) is 2. The van der Waals surface area contributed by atoms with Gasteiger partial charge in [-0.15, -0.1) is 0 Å². The molecule has 4 nitrogen and oxygen atoms in total. The van der Waals surface area contributed by atoms with Gasteiger partial charge in [-0.1, -0.05) is 0 Å². The third kappa shape index (κ3) is 4.70. The smallest absolute Gasteiger partial charge is 0.0410 e. The van der Waals surface area contributed by atoms with Crippen molar-refractivity contribution in [1.29, 1.82) is 0 Å². The van der Waals surface area contributed by atoms with Crippen molar-refractivity contribution in [2.75, 3.05) is 0 Å². The summed E-state index contributed by atoms with van der Waals surface area (Å²) in [6, 6.07) is 6.39. The number of aryl methyl sites for hydroxylation is 1. The second-order valence-electron chi connectivity index (χ2n) is 4.47. The molecule has 19 heavy (non-hydrogen) atoms. The summed E-state index contributed by atoms with van der Waals surface area (Å²) in [7, 11) is 0. The number of hydrogen-bond donors (Lipinski definition) is 2. The molecule has 5 heteroatoms. The molecule has 0 spiro atoms. The molecule has 100 valence electrons. The Bertz CT molecular complexity index is 504. The zero-order valence-corrected chi connectivity index (χ0v) is 12.2. The van der Waals surface area contributed by atoms with E-state index in [0.717, 1.165) is 23.7 Å². The van der Waals surface area contributed by atoms with E-state index in [1.807, 2.05) is 30.7 Å². The van der Waals surface area contributed by atoms with Crippen LogP contribution in [0.15, 0.2) is 47.5 Å². The van der Waals surface area contributed by atoms with Crippen LogP contribution < -0.4 is 11.3 Å². The van der Waals surface area contributed by atoms with Crippen molar-refractivity contribution in [1.82, 2.24) is 15.4 Å². The fraction of sp³-hybridized carbons (Fsp3) is 0.286. The van der Waals surface area contributed by atoms with Crippen LogP contribution in [-0.4, -0.2) is 16.0 Å². The minimum Gasteiger partial charge on any atom is -0.271 e. The first-order valence-electron chi connectivity index (χ1n) is 6.22. The minimum absolute atomic E-state index is 0.240. The summed E-state index contributed by atoms with van der Waals surface area (Å²) >= 11 is 3.43. The van der Waals surface area contributed by atoms with Crippen LogP contribution in [0.5, 0.6) is 0 Å². The van der Waals surface area contributed by atoms with E-state index in [2.05, 4.69) is 37.4 Å². The molecule has 0 aliphatic heterocycles. The molecule has 0 aliphatic rings. The van der Waals surface area contributed by atoms with Gasteiger partial charge in [0.15, 0.2) is 0 Å². The van der Waals surface area contributed by atoms with E-state index >= 15 is 0 Å². The second kappa shape index (κ2) is 7.33. The fourth-order valence-electron chi connectivity index (χ4n) is 1.99. The Morgan fingerprint density at radius 2 is 1.95 bits per heavy atom. The molecule has 2 aromatic heterocycles. The number of rotatable bonds is 6. The number of hydrazine groups is 1. The van der Waals surface area contributed by atoms with Gasteiger partial charge in [0.25, 0.3) is 0 Å². The van der Waals surface area contributed by atoms with Gasteiger partial charge in [0.2, 0.25) is 0 Å². The predicted molar refractivity (Wildman–Crippen MR) is 79.3 cm³/mol. The summed E-state index contributed by atoms with van der Waals surface area (Å²) < 4.78 is 0.995. The number of aromatic nitrogens is 2. The van der Waals surface area contributed by atoms with Gasteiger partial charge in [-0.2, -0.15) is 0 Å². The van der Waals surface area contributed by atoms with E-state index in [9.17, 15) is 0 Å². The van der Waals surface area contributed by atoms with E-state index in [1.54, 1.807) is 6.20 Å². The van der Waals surface area contributed by atoms with E-state index < -0.39 is 0 Å². The van der Waals surface area contributed by atoms with Crippen molar-refractivity contribution in [2.24, 2.45) is 5.84 Å². The van der Waals surface area contributed by atoms with Gasteiger partial charge in [-0.05, 0) is 64.5 Å². The Hall–Kier alpha value is -1.30. The lowest BCUT2D eigenvalue weighted by molar-refractivity contribution is 0.491. The summed E-state index contributed by atoms with van der Waals surface area (Å²) in [4.78, 5) is 8.18. The molecule has 0 amide bonds. The highest BCUT2D eigenvalue weighted by molar-refractivity contribution is 9.10. The lowest BCUT2D eigenvalue weighted by atomic mass is 10.0. The van der Waals surface area contributed by atoms with Crippen molar-refractivity contribution in [3.8, 4) is 0 Å². The molecule has 2 rings (SSSR count). The topological polar surface area (TPSA) is 63.8 Å². The normalized spacial score (nSPS) is 12.3. The average Bonchev–Trinajstić information content (AvgIpc) is 2.44. The molecular formula is C14H17BrN4. The van der Waals surface area contributed by atoms with E-state index in [0.29, 0.717) is 0 Å². The van der Waals surface area contributed by atoms with Crippen molar-refractivity contribution in [3.63, 3.8) is 0 Å². The highest BCUT2D eigenvalue weighted by atomic mass is 79.9. The number of pyridine rings is 2. The molecule has 0 bridgehead atoms. The van der Waals surface area contributed by atoms with Crippen LogP contribution in [0.25, 0.3) is 0 Å². The van der Waals surface area contributed by atoms with Gasteiger partial charge < -0.3 is 0 Å². The van der Waals surface area contributed by atoms with E-state index in [1.165, 1.54) is 11.1 Å². The molecule has 0 saturated heterocycles. The predicted octanol–water partition coefficient (Wildman–Crippen LogP) is 2.25. The van der Waals surface area contributed by atoms with Gasteiger partial charge in [-0.3, -0.25) is 21.2 Å². The molecule has 2 heterocycles. The first-order valence-corrected chi connectivity index (χ1v) is 7.01. The van der Waals surface area contributed by atoms with Gasteiger partial charge >= 0.3 is 0 Å². The Morgan fingerprint density at radius 1 is 1.16 bits per heavy atom. The first-order chi connectivity index (χ1) is 9.28. The average molecular weight is 321 g/mol. The number of hydrogen-bond acceptors (Lipinski definition) is 4. The highest BCUT2D eigenvalue weighted by Crippen LogP contribution is 2.13. The number of halogens is 1. The molecule has 1 unspecified atom stereocenters. The Balaban J connectivity index is 1.90. The molecule has 1 atom stereocenters. The molecule has 3 N–H and O–H groups in total. The van der Waals surface area contributed by atoms with Crippen LogP contribution in [0.4, 0.5) is 0 Å². The van der Waals surface area contributed by atoms with Crippen LogP contribution in [0.1, 0.15) is 17.5 Å². The highest BCUT2D eigenvalue weighted by Gasteiger charge is 2.08. The zero-order chi connectivity index (χ0) is 13.5. The molecule has 0 aromatic carbocycles. The quantitative estimate of drug-likeness (QED) is 0.633.